The van der Waals surface area contributed by atoms with E-state index in [1.165, 1.54) is 35.2 Å². The number of ether oxygens (including phenoxy) is 1. The second kappa shape index (κ2) is 4.98. The third-order valence-corrected chi connectivity index (χ3v) is 8.06. The largest absolute Gasteiger partial charge is 0.363 e. The Morgan fingerprint density at radius 2 is 1.85 bits per heavy atom. The molecule has 1 aromatic heterocycles. The predicted molar refractivity (Wildman–Crippen MR) is 100 cm³/mol. The number of benzene rings is 1. The van der Waals surface area contributed by atoms with Crippen molar-refractivity contribution in [2.75, 3.05) is 0 Å². The lowest BCUT2D eigenvalue weighted by molar-refractivity contribution is -0.756. The van der Waals surface area contributed by atoms with Crippen molar-refractivity contribution < 1.29 is 9.30 Å². The van der Waals surface area contributed by atoms with Crippen molar-refractivity contribution in [2.24, 2.45) is 16.7 Å². The molecule has 1 aliphatic heterocycles. The molecule has 4 nitrogen and oxygen atoms in total. The molecule has 4 atom stereocenters. The van der Waals surface area contributed by atoms with Gasteiger partial charge in [0.15, 0.2) is 0 Å². The van der Waals surface area contributed by atoms with Crippen molar-refractivity contribution >= 4 is 0 Å². The molecule has 0 N–H and O–H groups in total. The highest BCUT2D eigenvalue weighted by Crippen LogP contribution is 2.69. The van der Waals surface area contributed by atoms with E-state index in [1.807, 2.05) is 0 Å². The summed E-state index contributed by atoms with van der Waals surface area (Å²) in [7, 11) is 0. The average molecular weight is 353 g/mol. The van der Waals surface area contributed by atoms with Crippen LogP contribution in [-0.4, -0.2) is 15.9 Å². The first-order chi connectivity index (χ1) is 12.2. The van der Waals surface area contributed by atoms with Gasteiger partial charge in [-0.2, -0.15) is 0 Å². The maximum atomic E-state index is 6.43. The molecule has 26 heavy (non-hydrogen) atoms. The molecular weight excluding hydrogens is 322 g/mol. The Balaban J connectivity index is 1.63. The fraction of sp³-hybridized carbons (Fsp3) is 0.636. The summed E-state index contributed by atoms with van der Waals surface area (Å²) in [6, 6.07) is 4.91. The topological polar surface area (TPSA) is 30.9 Å². The Bertz CT molecular complexity index is 889. The van der Waals surface area contributed by atoms with E-state index in [2.05, 4.69) is 69.3 Å². The number of hydrogen-bond donors (Lipinski definition) is 0. The van der Waals surface area contributed by atoms with Gasteiger partial charge in [-0.05, 0) is 50.2 Å². The number of aromatic nitrogens is 3. The van der Waals surface area contributed by atoms with Gasteiger partial charge in [0.05, 0.1) is 6.10 Å². The fourth-order valence-corrected chi connectivity index (χ4v) is 6.42. The van der Waals surface area contributed by atoms with Gasteiger partial charge in [-0.1, -0.05) is 43.1 Å². The van der Waals surface area contributed by atoms with Crippen molar-refractivity contribution in [1.82, 2.24) is 9.78 Å². The minimum atomic E-state index is 0.269. The molecule has 3 unspecified atom stereocenters. The van der Waals surface area contributed by atoms with E-state index < -0.39 is 0 Å². The van der Waals surface area contributed by atoms with Gasteiger partial charge in [-0.15, -0.1) is 0 Å². The highest BCUT2D eigenvalue weighted by molar-refractivity contribution is 5.48. The Kier molecular flexibility index (Phi) is 3.16. The zero-order valence-electron chi connectivity index (χ0n) is 16.8. The number of hydrogen-bond acceptors (Lipinski definition) is 2. The van der Waals surface area contributed by atoms with Crippen LogP contribution in [0.15, 0.2) is 18.5 Å². The first kappa shape index (κ1) is 16.5. The summed E-state index contributed by atoms with van der Waals surface area (Å²) in [5.74, 6) is 1.73. The molecule has 4 heteroatoms. The number of fused-ring (bicyclic) bond motifs is 7. The first-order valence-corrected chi connectivity index (χ1v) is 9.93. The number of nitrogens with zero attached hydrogens (tertiary/aromatic N) is 3. The first-order valence-electron chi connectivity index (χ1n) is 9.93. The van der Waals surface area contributed by atoms with Gasteiger partial charge in [-0.3, -0.25) is 0 Å². The molecule has 3 aliphatic rings. The molecule has 0 amide bonds. The molecule has 5 rings (SSSR count). The molecule has 0 radical (unpaired) electrons. The van der Waals surface area contributed by atoms with Gasteiger partial charge in [0.25, 0.3) is 0 Å². The third kappa shape index (κ3) is 1.84. The normalized spacial score (nSPS) is 34.0. The van der Waals surface area contributed by atoms with Crippen LogP contribution in [-0.2, 0) is 11.3 Å². The van der Waals surface area contributed by atoms with Crippen molar-refractivity contribution in [2.45, 2.75) is 73.1 Å². The molecule has 2 saturated carbocycles. The van der Waals surface area contributed by atoms with Crippen molar-refractivity contribution in [3.63, 3.8) is 0 Å². The summed E-state index contributed by atoms with van der Waals surface area (Å²) in [5.41, 5.74) is 5.66. The number of aryl methyl sites for hydroxylation is 3. The van der Waals surface area contributed by atoms with E-state index in [-0.39, 0.29) is 5.41 Å². The summed E-state index contributed by atoms with van der Waals surface area (Å²) in [4.78, 5) is 0. The van der Waals surface area contributed by atoms with Gasteiger partial charge in [0, 0.05) is 16.4 Å². The highest BCUT2D eigenvalue weighted by Gasteiger charge is 2.70. The lowest BCUT2D eigenvalue weighted by atomic mass is 9.70. The van der Waals surface area contributed by atoms with Crippen LogP contribution >= 0.6 is 0 Å². The Labute approximate surface area is 156 Å². The van der Waals surface area contributed by atoms with Crippen molar-refractivity contribution in [3.05, 3.63) is 41.0 Å². The van der Waals surface area contributed by atoms with Crippen LogP contribution in [0.3, 0.4) is 0 Å². The minimum absolute atomic E-state index is 0.269. The molecule has 2 bridgehead atoms. The Hall–Kier alpha value is -1.68. The van der Waals surface area contributed by atoms with Crippen molar-refractivity contribution in [3.8, 4) is 5.69 Å². The minimum Gasteiger partial charge on any atom is -0.363 e. The standard InChI is InChI=1S/C22H30N3O/c1-13-9-14(2)18(15(3)10-13)25-12-24-17(23-25)11-26-20-19(24)16-7-8-22(20,6)21(16,4)5/h9-10,12,16,19-20H,7-8,11H2,1-6H3/q+1/t16?,19?,20?,22-/m0/s1. The zero-order chi connectivity index (χ0) is 18.4. The summed E-state index contributed by atoms with van der Waals surface area (Å²) in [6.45, 7) is 14.5. The predicted octanol–water partition coefficient (Wildman–Crippen LogP) is 3.98. The molecule has 0 spiro atoms. The summed E-state index contributed by atoms with van der Waals surface area (Å²) >= 11 is 0. The van der Waals surface area contributed by atoms with Crippen LogP contribution in [0.1, 0.15) is 62.2 Å². The third-order valence-electron chi connectivity index (χ3n) is 8.06. The number of rotatable bonds is 1. The van der Waals surface area contributed by atoms with E-state index in [1.54, 1.807) is 0 Å². The molecule has 1 aromatic carbocycles. The Morgan fingerprint density at radius 3 is 2.54 bits per heavy atom. The maximum Gasteiger partial charge on any atom is 0.304 e. The van der Waals surface area contributed by atoms with E-state index in [4.69, 9.17) is 9.84 Å². The van der Waals surface area contributed by atoms with Crippen LogP contribution in [0.4, 0.5) is 0 Å². The Morgan fingerprint density at radius 1 is 1.15 bits per heavy atom. The molecule has 2 aromatic rings. The highest BCUT2D eigenvalue weighted by atomic mass is 16.5. The van der Waals surface area contributed by atoms with Crippen LogP contribution in [0, 0.1) is 37.5 Å². The molecule has 138 valence electrons. The molecule has 0 saturated heterocycles. The van der Waals surface area contributed by atoms with E-state index in [9.17, 15) is 0 Å². The second-order valence-corrected chi connectivity index (χ2v) is 9.64. The summed E-state index contributed by atoms with van der Waals surface area (Å²) in [6.07, 6.45) is 5.13. The van der Waals surface area contributed by atoms with E-state index >= 15 is 0 Å². The van der Waals surface area contributed by atoms with Crippen LogP contribution in [0.25, 0.3) is 5.69 Å². The van der Waals surface area contributed by atoms with Crippen LogP contribution in [0.2, 0.25) is 0 Å². The van der Waals surface area contributed by atoms with Gasteiger partial charge < -0.3 is 4.74 Å². The van der Waals surface area contributed by atoms with Gasteiger partial charge >= 0.3 is 5.82 Å². The second-order valence-electron chi connectivity index (χ2n) is 9.64. The van der Waals surface area contributed by atoms with Crippen LogP contribution < -0.4 is 4.57 Å². The van der Waals surface area contributed by atoms with Gasteiger partial charge in [0.2, 0.25) is 6.33 Å². The SMILES string of the molecule is Cc1cc(C)c(-n2c[n+]3c(n2)COC2C3C3CC[C@]2(C)C3(C)C)c(C)c1. The zero-order valence-corrected chi connectivity index (χ0v) is 16.8. The van der Waals surface area contributed by atoms with E-state index in [0.717, 1.165) is 5.82 Å². The molecule has 2 fully saturated rings. The molecule has 2 aliphatic carbocycles. The summed E-state index contributed by atoms with van der Waals surface area (Å²) < 4.78 is 11.0. The molecular formula is C22H30N3O+. The quantitative estimate of drug-likeness (QED) is 0.727. The monoisotopic (exact) mass is 352 g/mol. The lowest BCUT2D eigenvalue weighted by Crippen LogP contribution is -2.56. The fourth-order valence-electron chi connectivity index (χ4n) is 6.42. The summed E-state index contributed by atoms with van der Waals surface area (Å²) in [5, 5.41) is 4.94. The van der Waals surface area contributed by atoms with E-state index in [0.29, 0.717) is 30.1 Å². The van der Waals surface area contributed by atoms with Crippen molar-refractivity contribution in [1.29, 1.82) is 0 Å². The van der Waals surface area contributed by atoms with Crippen LogP contribution in [0.5, 0.6) is 0 Å². The average Bonchev–Trinajstić information content (AvgIpc) is 3.11. The van der Waals surface area contributed by atoms with Gasteiger partial charge in [0.1, 0.15) is 18.3 Å². The lowest BCUT2D eigenvalue weighted by Gasteiger charge is -2.40. The smallest absolute Gasteiger partial charge is 0.304 e. The maximum absolute atomic E-state index is 6.43. The molecule has 2 heterocycles. The van der Waals surface area contributed by atoms with Gasteiger partial charge in [-0.25, -0.2) is 4.57 Å².